The SMILES string of the molecule is CCC/C=C\CCCCCCCCOCC(COP(=O)(O)OCCN)OC(=O)CCCCCCC. The van der Waals surface area contributed by atoms with Crippen LogP contribution in [0.25, 0.3) is 0 Å². The van der Waals surface area contributed by atoms with Crippen LogP contribution >= 0.6 is 7.82 Å². The van der Waals surface area contributed by atoms with E-state index in [4.69, 9.17) is 24.3 Å². The van der Waals surface area contributed by atoms with Crippen LogP contribution in [0.4, 0.5) is 0 Å². The van der Waals surface area contributed by atoms with Crippen molar-refractivity contribution in [3.05, 3.63) is 12.2 Å². The fourth-order valence-corrected chi connectivity index (χ4v) is 4.17. The molecule has 0 bridgehead atoms. The van der Waals surface area contributed by atoms with Crippen molar-refractivity contribution in [3.63, 3.8) is 0 Å². The maximum absolute atomic E-state index is 12.2. The van der Waals surface area contributed by atoms with E-state index in [-0.39, 0.29) is 32.3 Å². The third-order valence-corrected chi connectivity index (χ3v) is 6.40. The van der Waals surface area contributed by atoms with Crippen LogP contribution in [0.3, 0.4) is 0 Å². The van der Waals surface area contributed by atoms with Gasteiger partial charge >= 0.3 is 13.8 Å². The van der Waals surface area contributed by atoms with Crippen LogP contribution in [0.2, 0.25) is 0 Å². The highest BCUT2D eigenvalue weighted by Crippen LogP contribution is 2.43. The molecular formula is C26H52NO7P. The minimum atomic E-state index is -4.24. The topological polar surface area (TPSA) is 117 Å². The van der Waals surface area contributed by atoms with Crippen LogP contribution in [-0.2, 0) is 27.9 Å². The van der Waals surface area contributed by atoms with Gasteiger partial charge in [0.2, 0.25) is 0 Å². The van der Waals surface area contributed by atoms with Crippen LogP contribution in [-0.4, -0.2) is 49.9 Å². The molecule has 0 heterocycles. The van der Waals surface area contributed by atoms with E-state index in [2.05, 4.69) is 26.0 Å². The molecule has 0 aliphatic heterocycles. The summed E-state index contributed by atoms with van der Waals surface area (Å²) in [4.78, 5) is 21.9. The summed E-state index contributed by atoms with van der Waals surface area (Å²) in [6.07, 6.45) is 19.7. The molecule has 0 aromatic heterocycles. The molecular weight excluding hydrogens is 469 g/mol. The quantitative estimate of drug-likeness (QED) is 0.0577. The Hall–Kier alpha value is -0.760. The monoisotopic (exact) mass is 521 g/mol. The van der Waals surface area contributed by atoms with Gasteiger partial charge in [0.25, 0.3) is 0 Å². The van der Waals surface area contributed by atoms with Crippen molar-refractivity contribution < 1.29 is 32.8 Å². The van der Waals surface area contributed by atoms with E-state index >= 15 is 0 Å². The minimum absolute atomic E-state index is 0.0952. The number of hydrogen-bond acceptors (Lipinski definition) is 7. The van der Waals surface area contributed by atoms with Gasteiger partial charge in [0.15, 0.2) is 0 Å². The van der Waals surface area contributed by atoms with Gasteiger partial charge in [-0.25, -0.2) is 4.57 Å². The first-order valence-corrected chi connectivity index (χ1v) is 15.2. The lowest BCUT2D eigenvalue weighted by Gasteiger charge is -2.20. The second kappa shape index (κ2) is 24.9. The molecule has 0 aliphatic rings. The van der Waals surface area contributed by atoms with Crippen molar-refractivity contribution in [2.45, 2.75) is 116 Å². The summed E-state index contributed by atoms with van der Waals surface area (Å²) in [5.74, 6) is -0.348. The van der Waals surface area contributed by atoms with E-state index < -0.39 is 13.9 Å². The van der Waals surface area contributed by atoms with E-state index in [1.165, 1.54) is 44.9 Å². The van der Waals surface area contributed by atoms with Gasteiger partial charge in [-0.3, -0.25) is 13.8 Å². The lowest BCUT2D eigenvalue weighted by molar-refractivity contribution is -0.154. The summed E-state index contributed by atoms with van der Waals surface area (Å²) in [6.45, 7) is 4.73. The molecule has 0 saturated heterocycles. The average molecular weight is 522 g/mol. The van der Waals surface area contributed by atoms with Gasteiger partial charge in [-0.05, 0) is 32.1 Å². The zero-order valence-electron chi connectivity index (χ0n) is 22.3. The molecule has 0 amide bonds. The molecule has 0 aromatic rings. The Morgan fingerprint density at radius 1 is 0.829 bits per heavy atom. The van der Waals surface area contributed by atoms with Crippen molar-refractivity contribution in [2.24, 2.45) is 5.73 Å². The van der Waals surface area contributed by atoms with Crippen molar-refractivity contribution in [1.29, 1.82) is 0 Å². The number of unbranched alkanes of at least 4 members (excludes halogenated alkanes) is 11. The Kier molecular flexibility index (Phi) is 24.4. The van der Waals surface area contributed by atoms with Crippen LogP contribution < -0.4 is 5.73 Å². The summed E-state index contributed by atoms with van der Waals surface area (Å²) in [5.41, 5.74) is 5.29. The summed E-state index contributed by atoms with van der Waals surface area (Å²) in [5, 5.41) is 0. The van der Waals surface area contributed by atoms with Gasteiger partial charge in [0.1, 0.15) is 6.10 Å². The van der Waals surface area contributed by atoms with E-state index in [0.717, 1.165) is 44.9 Å². The highest BCUT2D eigenvalue weighted by molar-refractivity contribution is 7.47. The van der Waals surface area contributed by atoms with Crippen molar-refractivity contribution in [2.75, 3.05) is 33.0 Å². The van der Waals surface area contributed by atoms with Crippen LogP contribution in [0.5, 0.6) is 0 Å². The highest BCUT2D eigenvalue weighted by Gasteiger charge is 2.25. The summed E-state index contributed by atoms with van der Waals surface area (Å²) in [6, 6.07) is 0. The van der Waals surface area contributed by atoms with Crippen molar-refractivity contribution >= 4 is 13.8 Å². The Morgan fingerprint density at radius 3 is 2.20 bits per heavy atom. The number of nitrogens with two attached hydrogens (primary N) is 1. The zero-order valence-corrected chi connectivity index (χ0v) is 23.2. The number of phosphoric acid groups is 1. The molecule has 3 N–H and O–H groups in total. The Morgan fingerprint density at radius 2 is 1.49 bits per heavy atom. The number of ether oxygens (including phenoxy) is 2. The maximum Gasteiger partial charge on any atom is 0.472 e. The number of carbonyl (C=O) groups excluding carboxylic acids is 1. The standard InChI is InChI=1S/C26H52NO7P/c1-3-5-7-9-10-11-12-13-14-16-18-21-31-23-25(24-33-35(29,30)32-22-20-27)34-26(28)19-17-15-8-6-4-2/h7,9,25H,3-6,8,10-24,27H2,1-2H3,(H,29,30)/b9-7-. The first kappa shape index (κ1) is 34.2. The van der Waals surface area contributed by atoms with Crippen LogP contribution in [0.15, 0.2) is 12.2 Å². The molecule has 8 nitrogen and oxygen atoms in total. The molecule has 208 valence electrons. The normalized spacial score (nSPS) is 14.3. The van der Waals surface area contributed by atoms with E-state index in [0.29, 0.717) is 13.0 Å². The number of esters is 1. The molecule has 0 rings (SSSR count). The smallest absolute Gasteiger partial charge is 0.457 e. The summed E-state index contributed by atoms with van der Waals surface area (Å²) < 4.78 is 32.8. The third-order valence-electron chi connectivity index (χ3n) is 5.41. The Balaban J connectivity index is 4.16. The summed E-state index contributed by atoms with van der Waals surface area (Å²) >= 11 is 0. The van der Waals surface area contributed by atoms with E-state index in [1.807, 2.05) is 0 Å². The molecule has 9 heteroatoms. The highest BCUT2D eigenvalue weighted by atomic mass is 31.2. The van der Waals surface area contributed by atoms with Gasteiger partial charge in [0, 0.05) is 19.6 Å². The fraction of sp³-hybridized carbons (Fsp3) is 0.885. The van der Waals surface area contributed by atoms with Gasteiger partial charge in [-0.15, -0.1) is 0 Å². The molecule has 0 spiro atoms. The number of phosphoric ester groups is 1. The molecule has 2 unspecified atom stereocenters. The van der Waals surface area contributed by atoms with Gasteiger partial charge in [-0.2, -0.15) is 0 Å². The Bertz CT molecular complexity index is 560. The Labute approximate surface area is 213 Å². The zero-order chi connectivity index (χ0) is 26.0. The molecule has 35 heavy (non-hydrogen) atoms. The fourth-order valence-electron chi connectivity index (χ4n) is 3.41. The number of rotatable bonds is 26. The minimum Gasteiger partial charge on any atom is -0.457 e. The van der Waals surface area contributed by atoms with E-state index in [9.17, 15) is 14.3 Å². The molecule has 0 radical (unpaired) electrons. The molecule has 0 aromatic carbocycles. The van der Waals surface area contributed by atoms with E-state index in [1.54, 1.807) is 0 Å². The predicted molar refractivity (Wildman–Crippen MR) is 141 cm³/mol. The second-order valence-corrected chi connectivity index (χ2v) is 10.4. The van der Waals surface area contributed by atoms with Crippen LogP contribution in [0, 0.1) is 0 Å². The number of carbonyl (C=O) groups is 1. The first-order chi connectivity index (χ1) is 16.9. The molecule has 0 fully saturated rings. The lowest BCUT2D eigenvalue weighted by Crippen LogP contribution is -2.28. The molecule has 0 aliphatic carbocycles. The number of hydrogen-bond donors (Lipinski definition) is 2. The third kappa shape index (κ3) is 24.7. The number of allylic oxidation sites excluding steroid dienone is 2. The van der Waals surface area contributed by atoms with Crippen LogP contribution in [0.1, 0.15) is 110 Å². The van der Waals surface area contributed by atoms with Crippen molar-refractivity contribution in [1.82, 2.24) is 0 Å². The molecule has 2 atom stereocenters. The predicted octanol–water partition coefficient (Wildman–Crippen LogP) is 6.45. The summed E-state index contributed by atoms with van der Waals surface area (Å²) in [7, 11) is -4.24. The average Bonchev–Trinajstić information content (AvgIpc) is 2.84. The first-order valence-electron chi connectivity index (χ1n) is 13.7. The maximum atomic E-state index is 12.2. The lowest BCUT2D eigenvalue weighted by atomic mass is 10.1. The van der Waals surface area contributed by atoms with Gasteiger partial charge in [0.05, 0.1) is 19.8 Å². The van der Waals surface area contributed by atoms with Gasteiger partial charge in [-0.1, -0.05) is 83.8 Å². The van der Waals surface area contributed by atoms with Crippen molar-refractivity contribution in [3.8, 4) is 0 Å². The molecule has 0 saturated carbocycles. The van der Waals surface area contributed by atoms with Gasteiger partial charge < -0.3 is 20.1 Å². The second-order valence-electron chi connectivity index (χ2n) is 8.91. The largest absolute Gasteiger partial charge is 0.472 e.